The van der Waals surface area contributed by atoms with Crippen LogP contribution in [0, 0.1) is 0 Å². The Morgan fingerprint density at radius 3 is 2.69 bits per heavy atom. The second-order valence-corrected chi connectivity index (χ2v) is 2.33. The van der Waals surface area contributed by atoms with Gasteiger partial charge in [-0.25, -0.2) is 9.97 Å². The highest BCUT2D eigenvalue weighted by atomic mass is 19.4. The van der Waals surface area contributed by atoms with Crippen molar-refractivity contribution >= 4 is 11.0 Å². The second-order valence-electron chi connectivity index (χ2n) is 2.33. The standard InChI is InChI=1S/C6H3F3N4/c7-6(8,9)13-5-4(2-12-13)1-10-3-11-5/h1-3H. The van der Waals surface area contributed by atoms with E-state index in [1.807, 2.05) is 0 Å². The summed E-state index contributed by atoms with van der Waals surface area (Å²) in [4.78, 5) is 7.05. The van der Waals surface area contributed by atoms with Gasteiger partial charge in [0.1, 0.15) is 6.33 Å². The number of hydrogen-bond acceptors (Lipinski definition) is 3. The predicted octanol–water partition coefficient (Wildman–Crippen LogP) is 1.30. The van der Waals surface area contributed by atoms with E-state index < -0.39 is 6.30 Å². The molecule has 0 spiro atoms. The van der Waals surface area contributed by atoms with E-state index in [4.69, 9.17) is 0 Å². The van der Waals surface area contributed by atoms with Gasteiger partial charge in [-0.3, -0.25) is 0 Å². The molecule has 0 aliphatic heterocycles. The number of hydrogen-bond donors (Lipinski definition) is 0. The van der Waals surface area contributed by atoms with Gasteiger partial charge >= 0.3 is 6.30 Å². The second kappa shape index (κ2) is 2.41. The molecule has 68 valence electrons. The molecule has 2 rings (SSSR count). The van der Waals surface area contributed by atoms with Crippen molar-refractivity contribution in [2.45, 2.75) is 6.30 Å². The molecule has 0 N–H and O–H groups in total. The summed E-state index contributed by atoms with van der Waals surface area (Å²) < 4.78 is 36.5. The van der Waals surface area contributed by atoms with Gasteiger partial charge in [-0.2, -0.15) is 9.78 Å². The summed E-state index contributed by atoms with van der Waals surface area (Å²) in [5.74, 6) is 0. The van der Waals surface area contributed by atoms with Gasteiger partial charge in [0.15, 0.2) is 5.65 Å². The summed E-state index contributed by atoms with van der Waals surface area (Å²) >= 11 is 0. The topological polar surface area (TPSA) is 43.6 Å². The summed E-state index contributed by atoms with van der Waals surface area (Å²) in [5.41, 5.74) is -0.234. The van der Waals surface area contributed by atoms with Gasteiger partial charge in [0.25, 0.3) is 0 Å². The van der Waals surface area contributed by atoms with E-state index >= 15 is 0 Å². The van der Waals surface area contributed by atoms with Gasteiger partial charge in [-0.1, -0.05) is 0 Å². The van der Waals surface area contributed by atoms with Crippen molar-refractivity contribution in [2.24, 2.45) is 0 Å². The van der Waals surface area contributed by atoms with Crippen LogP contribution in [0.4, 0.5) is 13.2 Å². The van der Waals surface area contributed by atoms with Crippen LogP contribution in [0.25, 0.3) is 11.0 Å². The minimum Gasteiger partial charge on any atom is -0.244 e. The molecule has 0 bridgehead atoms. The highest BCUT2D eigenvalue weighted by Crippen LogP contribution is 2.24. The molecule has 2 heterocycles. The third kappa shape index (κ3) is 1.21. The first kappa shape index (κ1) is 7.96. The lowest BCUT2D eigenvalue weighted by atomic mass is 10.4. The summed E-state index contributed by atoms with van der Waals surface area (Å²) in [6.45, 7) is 0. The lowest BCUT2D eigenvalue weighted by Gasteiger charge is -2.05. The van der Waals surface area contributed by atoms with E-state index in [-0.39, 0.29) is 15.7 Å². The van der Waals surface area contributed by atoms with Gasteiger partial charge < -0.3 is 0 Å². The SMILES string of the molecule is FC(F)(F)n1ncc2cncnc21. The molecule has 0 aliphatic rings. The van der Waals surface area contributed by atoms with E-state index in [2.05, 4.69) is 15.1 Å². The molecule has 2 aromatic heterocycles. The maximum absolute atomic E-state index is 12.2. The van der Waals surface area contributed by atoms with Crippen molar-refractivity contribution < 1.29 is 13.2 Å². The molecule has 0 amide bonds. The summed E-state index contributed by atoms with van der Waals surface area (Å²) in [6.07, 6.45) is -1.14. The van der Waals surface area contributed by atoms with Crippen LogP contribution in [0.3, 0.4) is 0 Å². The van der Waals surface area contributed by atoms with Crippen molar-refractivity contribution in [1.29, 1.82) is 0 Å². The largest absolute Gasteiger partial charge is 0.506 e. The smallest absolute Gasteiger partial charge is 0.244 e. The molecule has 0 fully saturated rings. The van der Waals surface area contributed by atoms with Gasteiger partial charge in [0.05, 0.1) is 11.6 Å². The molecule has 0 radical (unpaired) electrons. The Bertz CT molecular complexity index is 433. The van der Waals surface area contributed by atoms with Gasteiger partial charge in [-0.15, -0.1) is 13.2 Å². The summed E-state index contributed by atoms with van der Waals surface area (Å²) in [5, 5.41) is 3.42. The highest BCUT2D eigenvalue weighted by Gasteiger charge is 2.33. The van der Waals surface area contributed by atoms with E-state index in [1.54, 1.807) is 0 Å². The average molecular weight is 188 g/mol. The molecule has 2 aromatic rings. The average Bonchev–Trinajstić information content (AvgIpc) is 2.45. The number of fused-ring (bicyclic) bond motifs is 1. The Morgan fingerprint density at radius 1 is 1.23 bits per heavy atom. The first-order valence-corrected chi connectivity index (χ1v) is 3.30. The van der Waals surface area contributed by atoms with Crippen LogP contribution in [-0.4, -0.2) is 19.7 Å². The van der Waals surface area contributed by atoms with Crippen LogP contribution in [0.2, 0.25) is 0 Å². The molecule has 0 aromatic carbocycles. The lowest BCUT2D eigenvalue weighted by Crippen LogP contribution is -2.18. The Kier molecular flexibility index (Phi) is 1.48. The highest BCUT2D eigenvalue weighted by molar-refractivity contribution is 5.72. The number of halogens is 3. The molecule has 0 atom stereocenters. The van der Waals surface area contributed by atoms with E-state index in [0.29, 0.717) is 0 Å². The molecular weight excluding hydrogens is 185 g/mol. The van der Waals surface area contributed by atoms with Crippen molar-refractivity contribution in [3.05, 3.63) is 18.7 Å². The first-order valence-electron chi connectivity index (χ1n) is 3.30. The Balaban J connectivity index is 2.72. The zero-order chi connectivity index (χ0) is 9.47. The predicted molar refractivity (Wildman–Crippen MR) is 36.6 cm³/mol. The number of alkyl halides is 3. The molecule has 7 heteroatoms. The quantitative estimate of drug-likeness (QED) is 0.625. The zero-order valence-electron chi connectivity index (χ0n) is 6.15. The molecule has 0 aliphatic carbocycles. The van der Waals surface area contributed by atoms with Crippen molar-refractivity contribution in [3.8, 4) is 0 Å². The third-order valence-electron chi connectivity index (χ3n) is 1.47. The van der Waals surface area contributed by atoms with Crippen LogP contribution in [0.5, 0.6) is 0 Å². The summed E-state index contributed by atoms with van der Waals surface area (Å²) in [6, 6.07) is 0. The Hall–Kier alpha value is -1.66. The zero-order valence-corrected chi connectivity index (χ0v) is 6.15. The molecule has 13 heavy (non-hydrogen) atoms. The Labute approximate surface area is 70.0 Å². The minimum absolute atomic E-state index is 0.0932. The molecule has 0 saturated heterocycles. The lowest BCUT2D eigenvalue weighted by molar-refractivity contribution is -0.209. The van der Waals surface area contributed by atoms with E-state index in [1.165, 1.54) is 6.20 Å². The fraction of sp³-hybridized carbons (Fsp3) is 0.167. The molecule has 0 unspecified atom stereocenters. The molecular formula is C6H3F3N4. The van der Waals surface area contributed by atoms with Gasteiger partial charge in [0.2, 0.25) is 0 Å². The fourth-order valence-electron chi connectivity index (χ4n) is 0.962. The van der Waals surface area contributed by atoms with Crippen molar-refractivity contribution in [2.75, 3.05) is 0 Å². The van der Waals surface area contributed by atoms with E-state index in [9.17, 15) is 13.2 Å². The maximum Gasteiger partial charge on any atom is 0.506 e. The van der Waals surface area contributed by atoms with Gasteiger partial charge in [0, 0.05) is 6.20 Å². The normalized spacial score (nSPS) is 12.2. The Morgan fingerprint density at radius 2 is 2.00 bits per heavy atom. The maximum atomic E-state index is 12.2. The summed E-state index contributed by atoms with van der Waals surface area (Å²) in [7, 11) is 0. The number of aromatic nitrogens is 4. The van der Waals surface area contributed by atoms with Crippen molar-refractivity contribution in [3.63, 3.8) is 0 Å². The van der Waals surface area contributed by atoms with Crippen LogP contribution in [0.1, 0.15) is 0 Å². The number of nitrogens with zero attached hydrogens (tertiary/aromatic N) is 4. The molecule has 4 nitrogen and oxygen atoms in total. The first-order chi connectivity index (χ1) is 6.09. The van der Waals surface area contributed by atoms with Crippen LogP contribution < -0.4 is 0 Å². The third-order valence-corrected chi connectivity index (χ3v) is 1.47. The van der Waals surface area contributed by atoms with Crippen LogP contribution in [0.15, 0.2) is 18.7 Å². The van der Waals surface area contributed by atoms with Crippen LogP contribution in [-0.2, 0) is 6.30 Å². The van der Waals surface area contributed by atoms with E-state index in [0.717, 1.165) is 12.5 Å². The molecule has 0 saturated carbocycles. The monoisotopic (exact) mass is 188 g/mol. The number of rotatable bonds is 0. The van der Waals surface area contributed by atoms with Crippen LogP contribution >= 0.6 is 0 Å². The van der Waals surface area contributed by atoms with Gasteiger partial charge in [-0.05, 0) is 0 Å². The van der Waals surface area contributed by atoms with Crippen molar-refractivity contribution in [1.82, 2.24) is 19.7 Å². The minimum atomic E-state index is -4.53. The fourth-order valence-corrected chi connectivity index (χ4v) is 0.962.